The number of hydrogen-bond acceptors (Lipinski definition) is 4. The van der Waals surface area contributed by atoms with Gasteiger partial charge in [0.25, 0.3) is 0 Å². The van der Waals surface area contributed by atoms with Crippen molar-refractivity contribution in [2.45, 2.75) is 25.2 Å². The molecule has 0 bridgehead atoms. The van der Waals surface area contributed by atoms with Crippen molar-refractivity contribution in [2.75, 3.05) is 23.7 Å². The summed E-state index contributed by atoms with van der Waals surface area (Å²) in [4.78, 5) is 7.51. The van der Waals surface area contributed by atoms with Crippen molar-refractivity contribution < 1.29 is 26.3 Å². The first-order valence-corrected chi connectivity index (χ1v) is 6.11. The predicted molar refractivity (Wildman–Crippen MR) is 62.4 cm³/mol. The zero-order valence-corrected chi connectivity index (χ0v) is 10.7. The lowest BCUT2D eigenvalue weighted by atomic mass is 9.97. The minimum absolute atomic E-state index is 0.0489. The van der Waals surface area contributed by atoms with Crippen LogP contribution in [0.5, 0.6) is 0 Å². The molecule has 118 valence electrons. The number of halogens is 6. The fourth-order valence-electron chi connectivity index (χ4n) is 2.19. The van der Waals surface area contributed by atoms with Gasteiger partial charge in [-0.05, 0) is 12.8 Å². The highest BCUT2D eigenvalue weighted by molar-refractivity contribution is 5.47. The van der Waals surface area contributed by atoms with E-state index in [4.69, 9.17) is 5.73 Å². The smallest absolute Gasteiger partial charge is 0.384 e. The standard InChI is InChI=1S/C11H12F6N4/c12-10(13,14)6-2-1-3-21(5-6)8-4-7(18)19-9(20-8)11(15,16)17/h4,6H,1-3,5H2,(H2,18,19,20). The van der Waals surface area contributed by atoms with Crippen LogP contribution in [0.3, 0.4) is 0 Å². The second-order valence-electron chi connectivity index (χ2n) is 4.80. The Morgan fingerprint density at radius 3 is 2.38 bits per heavy atom. The molecule has 1 aliphatic rings. The summed E-state index contributed by atoms with van der Waals surface area (Å²) in [6.45, 7) is -0.239. The molecule has 1 saturated heterocycles. The maximum absolute atomic E-state index is 12.7. The maximum Gasteiger partial charge on any atom is 0.451 e. The van der Waals surface area contributed by atoms with E-state index in [1.54, 1.807) is 0 Å². The second kappa shape index (κ2) is 5.23. The Labute approximate surface area is 116 Å². The third-order valence-electron chi connectivity index (χ3n) is 3.19. The minimum Gasteiger partial charge on any atom is -0.384 e. The van der Waals surface area contributed by atoms with E-state index in [9.17, 15) is 26.3 Å². The number of rotatable bonds is 1. The van der Waals surface area contributed by atoms with Gasteiger partial charge in [0.05, 0.1) is 5.92 Å². The lowest BCUT2D eigenvalue weighted by Crippen LogP contribution is -2.42. The predicted octanol–water partition coefficient (Wildman–Crippen LogP) is 2.86. The molecule has 2 rings (SSSR count). The second-order valence-corrected chi connectivity index (χ2v) is 4.80. The topological polar surface area (TPSA) is 55.0 Å². The number of hydrogen-bond donors (Lipinski definition) is 1. The first-order valence-electron chi connectivity index (χ1n) is 6.11. The average molecular weight is 314 g/mol. The van der Waals surface area contributed by atoms with Gasteiger partial charge in [-0.2, -0.15) is 26.3 Å². The number of nitrogen functional groups attached to an aromatic ring is 1. The van der Waals surface area contributed by atoms with Gasteiger partial charge in [-0.25, -0.2) is 9.97 Å². The van der Waals surface area contributed by atoms with Gasteiger partial charge < -0.3 is 10.6 Å². The lowest BCUT2D eigenvalue weighted by Gasteiger charge is -2.34. The van der Waals surface area contributed by atoms with Crippen LogP contribution in [0.1, 0.15) is 18.7 Å². The Hall–Kier alpha value is -1.74. The maximum atomic E-state index is 12.7. The Balaban J connectivity index is 2.27. The summed E-state index contributed by atoms with van der Waals surface area (Å²) in [7, 11) is 0. The molecule has 1 unspecified atom stereocenters. The number of piperidine rings is 1. The van der Waals surface area contributed by atoms with Crippen molar-refractivity contribution in [3.8, 4) is 0 Å². The van der Waals surface area contributed by atoms with E-state index in [1.807, 2.05) is 0 Å². The molecular weight excluding hydrogens is 302 g/mol. The summed E-state index contributed by atoms with van der Waals surface area (Å²) < 4.78 is 75.9. The van der Waals surface area contributed by atoms with Gasteiger partial charge in [0.1, 0.15) is 11.6 Å². The normalized spacial score (nSPS) is 20.7. The molecule has 10 heteroatoms. The molecule has 0 aliphatic carbocycles. The van der Waals surface area contributed by atoms with Crippen LogP contribution >= 0.6 is 0 Å². The molecule has 0 saturated carbocycles. The van der Waals surface area contributed by atoms with Crippen LogP contribution < -0.4 is 10.6 Å². The van der Waals surface area contributed by atoms with Crippen LogP contribution in [0.4, 0.5) is 38.0 Å². The Morgan fingerprint density at radius 2 is 1.81 bits per heavy atom. The molecule has 0 spiro atoms. The molecule has 1 aliphatic heterocycles. The highest BCUT2D eigenvalue weighted by atomic mass is 19.4. The number of anilines is 2. The third kappa shape index (κ3) is 3.67. The third-order valence-corrected chi connectivity index (χ3v) is 3.19. The van der Waals surface area contributed by atoms with E-state index < -0.39 is 36.5 Å². The van der Waals surface area contributed by atoms with Crippen LogP contribution in [0.2, 0.25) is 0 Å². The molecule has 4 nitrogen and oxygen atoms in total. The summed E-state index contributed by atoms with van der Waals surface area (Å²) in [5.41, 5.74) is 5.28. The minimum atomic E-state index is -4.80. The first kappa shape index (κ1) is 15.6. The quantitative estimate of drug-likeness (QED) is 0.810. The molecule has 0 aromatic carbocycles. The average Bonchev–Trinajstić information content (AvgIpc) is 2.36. The lowest BCUT2D eigenvalue weighted by molar-refractivity contribution is -0.176. The highest BCUT2D eigenvalue weighted by Crippen LogP contribution is 2.35. The fourth-order valence-corrected chi connectivity index (χ4v) is 2.19. The van der Waals surface area contributed by atoms with E-state index >= 15 is 0 Å². The van der Waals surface area contributed by atoms with Crippen molar-refractivity contribution >= 4 is 11.6 Å². The monoisotopic (exact) mass is 314 g/mol. The zero-order chi connectivity index (χ0) is 15.8. The number of alkyl halides is 6. The molecule has 0 amide bonds. The van der Waals surface area contributed by atoms with Gasteiger partial charge in [0, 0.05) is 19.2 Å². The van der Waals surface area contributed by atoms with Crippen LogP contribution in [0.15, 0.2) is 6.07 Å². The van der Waals surface area contributed by atoms with E-state index in [2.05, 4.69) is 9.97 Å². The van der Waals surface area contributed by atoms with Crippen molar-refractivity contribution in [1.29, 1.82) is 0 Å². The molecule has 2 N–H and O–H groups in total. The van der Waals surface area contributed by atoms with Crippen LogP contribution in [0, 0.1) is 5.92 Å². The molecule has 1 atom stereocenters. The number of nitrogens with zero attached hydrogens (tertiary/aromatic N) is 3. The largest absolute Gasteiger partial charge is 0.451 e. The van der Waals surface area contributed by atoms with Gasteiger partial charge in [0.15, 0.2) is 0 Å². The molecule has 21 heavy (non-hydrogen) atoms. The van der Waals surface area contributed by atoms with Crippen molar-refractivity contribution in [1.82, 2.24) is 9.97 Å². The summed E-state index contributed by atoms with van der Waals surface area (Å²) >= 11 is 0. The molecular formula is C11H12F6N4. The van der Waals surface area contributed by atoms with Gasteiger partial charge >= 0.3 is 12.4 Å². The fraction of sp³-hybridized carbons (Fsp3) is 0.636. The van der Waals surface area contributed by atoms with Gasteiger partial charge in [-0.1, -0.05) is 0 Å². The first-order chi connectivity index (χ1) is 9.57. The molecule has 0 radical (unpaired) electrons. The summed E-state index contributed by atoms with van der Waals surface area (Å²) in [5.74, 6) is -3.70. The Bertz CT molecular complexity index is 512. The molecule has 1 aromatic heterocycles. The van der Waals surface area contributed by atoms with E-state index in [1.165, 1.54) is 0 Å². The van der Waals surface area contributed by atoms with Crippen molar-refractivity contribution in [3.63, 3.8) is 0 Å². The van der Waals surface area contributed by atoms with Gasteiger partial charge in [-0.15, -0.1) is 0 Å². The SMILES string of the molecule is Nc1cc(N2CCCC(C(F)(F)F)C2)nc(C(F)(F)F)n1. The van der Waals surface area contributed by atoms with Crippen LogP contribution in [-0.4, -0.2) is 29.2 Å². The Kier molecular flexibility index (Phi) is 3.89. The zero-order valence-electron chi connectivity index (χ0n) is 10.7. The van der Waals surface area contributed by atoms with Crippen molar-refractivity contribution in [2.24, 2.45) is 5.92 Å². The van der Waals surface area contributed by atoms with Crippen LogP contribution in [0.25, 0.3) is 0 Å². The van der Waals surface area contributed by atoms with Crippen LogP contribution in [-0.2, 0) is 6.18 Å². The van der Waals surface area contributed by atoms with Gasteiger partial charge in [-0.3, -0.25) is 0 Å². The summed E-state index contributed by atoms with van der Waals surface area (Å²) in [5, 5.41) is 0. The Morgan fingerprint density at radius 1 is 1.14 bits per heavy atom. The number of aromatic nitrogens is 2. The molecule has 1 aromatic rings. The number of nitrogens with two attached hydrogens (primary N) is 1. The highest BCUT2D eigenvalue weighted by Gasteiger charge is 2.42. The summed E-state index contributed by atoms with van der Waals surface area (Å²) in [6, 6.07) is 1.05. The molecule has 1 fully saturated rings. The van der Waals surface area contributed by atoms with Crippen molar-refractivity contribution in [3.05, 3.63) is 11.9 Å². The summed E-state index contributed by atoms with van der Waals surface area (Å²) in [6.07, 6.45) is -9.02. The van der Waals surface area contributed by atoms with Gasteiger partial charge in [0.2, 0.25) is 5.82 Å². The van der Waals surface area contributed by atoms with E-state index in [0.29, 0.717) is 0 Å². The van der Waals surface area contributed by atoms with E-state index in [0.717, 1.165) is 11.0 Å². The van der Waals surface area contributed by atoms with E-state index in [-0.39, 0.29) is 25.2 Å². The molecule has 2 heterocycles.